The van der Waals surface area contributed by atoms with Crippen LogP contribution in [0.3, 0.4) is 0 Å². The SMILES string of the molecule is O=C(O)c1cc(-c2ccccc2)nc2cc(Nc3nccs3)ccc12. The van der Waals surface area contributed by atoms with Crippen molar-refractivity contribution in [3.05, 3.63) is 71.7 Å². The molecule has 0 aliphatic rings. The van der Waals surface area contributed by atoms with E-state index in [1.807, 2.05) is 47.8 Å². The number of rotatable bonds is 4. The molecule has 2 aromatic heterocycles. The topological polar surface area (TPSA) is 75.1 Å². The number of aromatic carboxylic acids is 1. The molecule has 0 spiro atoms. The Labute approximate surface area is 147 Å². The summed E-state index contributed by atoms with van der Waals surface area (Å²) in [5, 5.41) is 16.1. The molecule has 2 heterocycles. The zero-order valence-corrected chi connectivity index (χ0v) is 13.8. The maximum atomic E-state index is 11.7. The molecule has 0 amide bonds. The second kappa shape index (κ2) is 6.33. The largest absolute Gasteiger partial charge is 0.478 e. The predicted molar refractivity (Wildman–Crippen MR) is 99.5 cm³/mol. The molecular weight excluding hydrogens is 334 g/mol. The first-order valence-corrected chi connectivity index (χ1v) is 8.49. The zero-order valence-electron chi connectivity index (χ0n) is 13.0. The number of nitrogens with one attached hydrogen (secondary N) is 1. The van der Waals surface area contributed by atoms with E-state index in [-0.39, 0.29) is 5.56 Å². The molecule has 0 aliphatic carbocycles. The first-order valence-electron chi connectivity index (χ1n) is 7.61. The molecule has 0 aliphatic heterocycles. The summed E-state index contributed by atoms with van der Waals surface area (Å²) in [4.78, 5) is 20.5. The molecule has 0 bridgehead atoms. The van der Waals surface area contributed by atoms with Gasteiger partial charge in [0.15, 0.2) is 5.13 Å². The molecule has 0 atom stereocenters. The molecule has 122 valence electrons. The lowest BCUT2D eigenvalue weighted by Crippen LogP contribution is -2.01. The Morgan fingerprint density at radius 1 is 1.08 bits per heavy atom. The molecular formula is C19H13N3O2S. The number of pyridine rings is 1. The average molecular weight is 347 g/mol. The predicted octanol–water partition coefficient (Wildman–Crippen LogP) is 4.80. The Balaban J connectivity index is 1.86. The summed E-state index contributed by atoms with van der Waals surface area (Å²) in [5.74, 6) is -0.967. The van der Waals surface area contributed by atoms with Gasteiger partial charge in [0, 0.05) is 28.2 Å². The standard InChI is InChI=1S/C19H13N3O2S/c23-18(24)15-11-16(12-4-2-1-3-5-12)22-17-10-13(6-7-14(15)17)21-19-20-8-9-25-19/h1-11H,(H,20,21)(H,23,24). The van der Waals surface area contributed by atoms with Gasteiger partial charge in [0.2, 0.25) is 0 Å². The molecule has 6 heteroatoms. The van der Waals surface area contributed by atoms with Gasteiger partial charge in [-0.15, -0.1) is 11.3 Å². The fraction of sp³-hybridized carbons (Fsp3) is 0. The zero-order chi connectivity index (χ0) is 17.2. The maximum absolute atomic E-state index is 11.7. The van der Waals surface area contributed by atoms with Crippen LogP contribution in [0, 0.1) is 0 Å². The van der Waals surface area contributed by atoms with E-state index >= 15 is 0 Å². The highest BCUT2D eigenvalue weighted by Crippen LogP contribution is 2.28. The molecule has 0 fully saturated rings. The Hall–Kier alpha value is -3.25. The minimum Gasteiger partial charge on any atom is -0.478 e. The van der Waals surface area contributed by atoms with Crippen LogP contribution in [0.5, 0.6) is 0 Å². The van der Waals surface area contributed by atoms with Crippen molar-refractivity contribution in [2.24, 2.45) is 0 Å². The summed E-state index contributed by atoms with van der Waals surface area (Å²) in [7, 11) is 0. The first-order chi connectivity index (χ1) is 12.2. The quantitative estimate of drug-likeness (QED) is 0.554. The van der Waals surface area contributed by atoms with Gasteiger partial charge in [-0.1, -0.05) is 30.3 Å². The van der Waals surface area contributed by atoms with Crippen molar-refractivity contribution < 1.29 is 9.90 Å². The third-order valence-electron chi connectivity index (χ3n) is 3.79. The van der Waals surface area contributed by atoms with Crippen LogP contribution < -0.4 is 5.32 Å². The van der Waals surface area contributed by atoms with Crippen LogP contribution >= 0.6 is 11.3 Å². The fourth-order valence-electron chi connectivity index (χ4n) is 2.65. The lowest BCUT2D eigenvalue weighted by molar-refractivity contribution is 0.0699. The van der Waals surface area contributed by atoms with Gasteiger partial charge < -0.3 is 10.4 Å². The summed E-state index contributed by atoms with van der Waals surface area (Å²) in [6, 6.07) is 16.6. The Bertz CT molecular complexity index is 1050. The van der Waals surface area contributed by atoms with E-state index in [9.17, 15) is 9.90 Å². The number of carboxylic acids is 1. The van der Waals surface area contributed by atoms with Crippen molar-refractivity contribution in [1.82, 2.24) is 9.97 Å². The van der Waals surface area contributed by atoms with Crippen LogP contribution in [0.25, 0.3) is 22.2 Å². The highest BCUT2D eigenvalue weighted by Gasteiger charge is 2.13. The number of carbonyl (C=O) groups is 1. The molecule has 5 nitrogen and oxygen atoms in total. The molecule has 2 aromatic carbocycles. The number of hydrogen-bond acceptors (Lipinski definition) is 5. The fourth-order valence-corrected chi connectivity index (χ4v) is 3.20. The highest BCUT2D eigenvalue weighted by molar-refractivity contribution is 7.13. The normalized spacial score (nSPS) is 10.7. The van der Waals surface area contributed by atoms with Crippen LogP contribution in [0.15, 0.2) is 66.2 Å². The Morgan fingerprint density at radius 3 is 2.64 bits per heavy atom. The number of carboxylic acid groups (broad SMARTS) is 1. The van der Waals surface area contributed by atoms with Crippen LogP contribution in [0.1, 0.15) is 10.4 Å². The third kappa shape index (κ3) is 3.07. The molecule has 0 unspecified atom stereocenters. The summed E-state index contributed by atoms with van der Waals surface area (Å²) in [6.45, 7) is 0. The lowest BCUT2D eigenvalue weighted by Gasteiger charge is -2.09. The average Bonchev–Trinajstić information content (AvgIpc) is 3.14. The van der Waals surface area contributed by atoms with Gasteiger partial charge in [-0.25, -0.2) is 14.8 Å². The summed E-state index contributed by atoms with van der Waals surface area (Å²) in [5.41, 5.74) is 3.20. The van der Waals surface area contributed by atoms with E-state index in [2.05, 4.69) is 15.3 Å². The van der Waals surface area contributed by atoms with E-state index in [1.54, 1.807) is 18.3 Å². The van der Waals surface area contributed by atoms with Crippen LogP contribution in [-0.4, -0.2) is 21.0 Å². The Morgan fingerprint density at radius 2 is 1.92 bits per heavy atom. The number of aromatic nitrogens is 2. The highest BCUT2D eigenvalue weighted by atomic mass is 32.1. The third-order valence-corrected chi connectivity index (χ3v) is 4.48. The van der Waals surface area contributed by atoms with E-state index < -0.39 is 5.97 Å². The molecule has 0 saturated heterocycles. The van der Waals surface area contributed by atoms with Crippen LogP contribution in [0.2, 0.25) is 0 Å². The number of benzene rings is 2. The van der Waals surface area contributed by atoms with Crippen molar-refractivity contribution in [3.63, 3.8) is 0 Å². The van der Waals surface area contributed by atoms with Gasteiger partial charge in [0.25, 0.3) is 0 Å². The van der Waals surface area contributed by atoms with Crippen molar-refractivity contribution in [1.29, 1.82) is 0 Å². The number of anilines is 2. The second-order valence-corrected chi connectivity index (χ2v) is 6.31. The summed E-state index contributed by atoms with van der Waals surface area (Å²) in [6.07, 6.45) is 1.72. The van der Waals surface area contributed by atoms with Gasteiger partial charge in [-0.05, 0) is 24.3 Å². The molecule has 4 aromatic rings. The molecule has 0 saturated carbocycles. The van der Waals surface area contributed by atoms with Crippen molar-refractivity contribution in [3.8, 4) is 11.3 Å². The first kappa shape index (κ1) is 15.3. The minimum atomic E-state index is -0.967. The van der Waals surface area contributed by atoms with E-state index in [1.165, 1.54) is 11.3 Å². The smallest absolute Gasteiger partial charge is 0.336 e. The van der Waals surface area contributed by atoms with E-state index in [0.717, 1.165) is 16.4 Å². The van der Waals surface area contributed by atoms with Crippen molar-refractivity contribution in [2.45, 2.75) is 0 Å². The second-order valence-electron chi connectivity index (χ2n) is 5.42. The van der Waals surface area contributed by atoms with Gasteiger partial charge in [0.05, 0.1) is 16.8 Å². The van der Waals surface area contributed by atoms with Gasteiger partial charge >= 0.3 is 5.97 Å². The lowest BCUT2D eigenvalue weighted by atomic mass is 10.0. The van der Waals surface area contributed by atoms with Gasteiger partial charge in [0.1, 0.15) is 0 Å². The number of hydrogen-bond donors (Lipinski definition) is 2. The number of thiazole rings is 1. The Kier molecular flexibility index (Phi) is 3.87. The minimum absolute atomic E-state index is 0.240. The van der Waals surface area contributed by atoms with Crippen molar-refractivity contribution in [2.75, 3.05) is 5.32 Å². The molecule has 4 rings (SSSR count). The molecule has 0 radical (unpaired) electrons. The van der Waals surface area contributed by atoms with Crippen LogP contribution in [-0.2, 0) is 0 Å². The summed E-state index contributed by atoms with van der Waals surface area (Å²) >= 11 is 1.49. The number of nitrogens with zero attached hydrogens (tertiary/aromatic N) is 2. The number of fused-ring (bicyclic) bond motifs is 1. The van der Waals surface area contributed by atoms with Gasteiger partial charge in [-0.3, -0.25) is 0 Å². The summed E-state index contributed by atoms with van der Waals surface area (Å²) < 4.78 is 0. The van der Waals surface area contributed by atoms with E-state index in [0.29, 0.717) is 16.6 Å². The van der Waals surface area contributed by atoms with Crippen LogP contribution in [0.4, 0.5) is 10.8 Å². The van der Waals surface area contributed by atoms with Crippen molar-refractivity contribution >= 4 is 39.0 Å². The maximum Gasteiger partial charge on any atom is 0.336 e. The molecule has 2 N–H and O–H groups in total. The van der Waals surface area contributed by atoms with E-state index in [4.69, 9.17) is 0 Å². The monoisotopic (exact) mass is 347 g/mol. The molecule has 25 heavy (non-hydrogen) atoms. The van der Waals surface area contributed by atoms with Gasteiger partial charge in [-0.2, -0.15) is 0 Å².